The second-order valence-electron chi connectivity index (χ2n) is 6.99. The first-order valence-corrected chi connectivity index (χ1v) is 9.01. The van der Waals surface area contributed by atoms with Gasteiger partial charge in [-0.1, -0.05) is 11.6 Å². The summed E-state index contributed by atoms with van der Waals surface area (Å²) >= 11 is 6.18. The Balaban J connectivity index is 1.85. The molecule has 1 aromatic rings. The van der Waals surface area contributed by atoms with Crippen molar-refractivity contribution in [3.05, 3.63) is 28.8 Å². The number of hydrogen-bond donors (Lipinski definition) is 0. The second-order valence-corrected chi connectivity index (χ2v) is 7.42. The lowest BCUT2D eigenvalue weighted by Crippen LogP contribution is -2.72. The van der Waals surface area contributed by atoms with E-state index in [0.717, 1.165) is 18.7 Å². The van der Waals surface area contributed by atoms with Crippen LogP contribution in [0.1, 0.15) is 31.2 Å². The third-order valence-corrected chi connectivity index (χ3v) is 5.79. The molecule has 3 heterocycles. The van der Waals surface area contributed by atoms with Gasteiger partial charge in [0.2, 0.25) is 11.6 Å². The maximum Gasteiger partial charge on any atom is 0.419 e. The maximum absolute atomic E-state index is 12.8. The van der Waals surface area contributed by atoms with Crippen molar-refractivity contribution in [3.8, 4) is 5.75 Å². The number of benzene rings is 1. The number of hydrogen-bond acceptors (Lipinski definition) is 5. The van der Waals surface area contributed by atoms with Crippen molar-refractivity contribution < 1.29 is 19.1 Å². The summed E-state index contributed by atoms with van der Waals surface area (Å²) in [7, 11) is 2.05. The Bertz CT molecular complexity index is 740. The summed E-state index contributed by atoms with van der Waals surface area (Å²) in [5.74, 6) is 0.453. The summed E-state index contributed by atoms with van der Waals surface area (Å²) < 4.78 is 11.5. The average Bonchev–Trinajstić information content (AvgIpc) is 2.56. The average molecular weight is 365 g/mol. The highest BCUT2D eigenvalue weighted by Crippen LogP contribution is 2.55. The van der Waals surface area contributed by atoms with Gasteiger partial charge in [-0.15, -0.1) is 0 Å². The highest BCUT2D eigenvalue weighted by Gasteiger charge is 2.62. The number of carbonyl (C=O) groups is 2. The molecule has 0 aromatic heterocycles. The van der Waals surface area contributed by atoms with Crippen LogP contribution in [-0.2, 0) is 9.53 Å². The summed E-state index contributed by atoms with van der Waals surface area (Å²) in [5, 5.41) is 0.624. The van der Waals surface area contributed by atoms with Crippen LogP contribution < -0.4 is 4.74 Å². The molecule has 2 fully saturated rings. The SMILES string of the molecule is CCOC(=O)N1C(=O)CC2c3cc(Cl)ccc3OC13CCN(C)CC23. The fraction of sp³-hybridized carbons (Fsp3) is 0.556. The summed E-state index contributed by atoms with van der Waals surface area (Å²) in [5.41, 5.74) is -0.0140. The van der Waals surface area contributed by atoms with Crippen LogP contribution in [0.15, 0.2) is 18.2 Å². The number of nitrogens with zero attached hydrogens (tertiary/aromatic N) is 2. The molecule has 0 radical (unpaired) electrons. The molecular weight excluding hydrogens is 344 g/mol. The van der Waals surface area contributed by atoms with Crippen LogP contribution in [0.2, 0.25) is 5.02 Å². The van der Waals surface area contributed by atoms with Crippen molar-refractivity contribution >= 4 is 23.6 Å². The van der Waals surface area contributed by atoms with Crippen molar-refractivity contribution in [2.45, 2.75) is 31.4 Å². The van der Waals surface area contributed by atoms with Gasteiger partial charge in [0.05, 0.1) is 6.61 Å². The molecule has 3 atom stereocenters. The zero-order valence-corrected chi connectivity index (χ0v) is 15.1. The minimum absolute atomic E-state index is 0.000627. The van der Waals surface area contributed by atoms with E-state index in [1.165, 1.54) is 4.90 Å². The number of fused-ring (bicyclic) bond motifs is 2. The monoisotopic (exact) mass is 364 g/mol. The van der Waals surface area contributed by atoms with Crippen LogP contribution in [-0.4, -0.2) is 54.3 Å². The first kappa shape index (κ1) is 16.7. The predicted molar refractivity (Wildman–Crippen MR) is 91.6 cm³/mol. The maximum atomic E-state index is 12.8. The van der Waals surface area contributed by atoms with Gasteiger partial charge in [-0.2, -0.15) is 0 Å². The van der Waals surface area contributed by atoms with E-state index in [2.05, 4.69) is 4.90 Å². The predicted octanol–water partition coefficient (Wildman–Crippen LogP) is 2.85. The summed E-state index contributed by atoms with van der Waals surface area (Å²) in [6.45, 7) is 3.45. The highest BCUT2D eigenvalue weighted by molar-refractivity contribution is 6.30. The molecule has 2 saturated heterocycles. The molecule has 7 heteroatoms. The van der Waals surface area contributed by atoms with Crippen molar-refractivity contribution in [3.63, 3.8) is 0 Å². The quantitative estimate of drug-likeness (QED) is 0.767. The number of rotatable bonds is 1. The lowest BCUT2D eigenvalue weighted by atomic mass is 9.68. The van der Waals surface area contributed by atoms with E-state index in [9.17, 15) is 9.59 Å². The Morgan fingerprint density at radius 1 is 1.48 bits per heavy atom. The third-order valence-electron chi connectivity index (χ3n) is 5.56. The van der Waals surface area contributed by atoms with E-state index >= 15 is 0 Å². The topological polar surface area (TPSA) is 59.1 Å². The van der Waals surface area contributed by atoms with Gasteiger partial charge in [-0.3, -0.25) is 4.79 Å². The van der Waals surface area contributed by atoms with Crippen LogP contribution in [0, 0.1) is 5.92 Å². The summed E-state index contributed by atoms with van der Waals surface area (Å²) in [4.78, 5) is 28.9. The van der Waals surface area contributed by atoms with Gasteiger partial charge >= 0.3 is 6.09 Å². The van der Waals surface area contributed by atoms with Crippen LogP contribution in [0.4, 0.5) is 4.79 Å². The number of piperidine rings is 2. The van der Waals surface area contributed by atoms with Gasteiger partial charge in [-0.25, -0.2) is 9.69 Å². The lowest BCUT2D eigenvalue weighted by molar-refractivity contribution is -0.193. The molecule has 25 heavy (non-hydrogen) atoms. The first-order chi connectivity index (χ1) is 12.0. The molecule has 0 aliphatic carbocycles. The summed E-state index contributed by atoms with van der Waals surface area (Å²) in [6.07, 6.45) is 0.213. The number of amides is 2. The van der Waals surface area contributed by atoms with E-state index in [-0.39, 0.29) is 30.8 Å². The van der Waals surface area contributed by atoms with E-state index in [4.69, 9.17) is 21.1 Å². The van der Waals surface area contributed by atoms with Crippen molar-refractivity contribution in [1.82, 2.24) is 9.80 Å². The zero-order chi connectivity index (χ0) is 17.8. The Kier molecular flexibility index (Phi) is 3.92. The molecule has 3 unspecified atom stereocenters. The molecule has 3 aliphatic heterocycles. The van der Waals surface area contributed by atoms with Crippen LogP contribution >= 0.6 is 11.6 Å². The Morgan fingerprint density at radius 3 is 3.04 bits per heavy atom. The van der Waals surface area contributed by atoms with Gasteiger partial charge in [0.15, 0.2) is 0 Å². The largest absolute Gasteiger partial charge is 0.467 e. The molecule has 1 aromatic carbocycles. The molecular formula is C18H21ClN2O4. The molecule has 2 bridgehead atoms. The van der Waals surface area contributed by atoms with E-state index in [0.29, 0.717) is 17.2 Å². The van der Waals surface area contributed by atoms with E-state index in [1.807, 2.05) is 19.2 Å². The van der Waals surface area contributed by atoms with Gasteiger partial charge in [0.25, 0.3) is 0 Å². The van der Waals surface area contributed by atoms with Gasteiger partial charge in [-0.05, 0) is 37.7 Å². The molecule has 0 spiro atoms. The van der Waals surface area contributed by atoms with Crippen LogP contribution in [0.3, 0.4) is 0 Å². The normalized spacial score (nSPS) is 31.0. The molecule has 0 saturated carbocycles. The van der Waals surface area contributed by atoms with Crippen molar-refractivity contribution in [2.24, 2.45) is 5.92 Å². The standard InChI is InChI=1S/C18H21ClN2O4/c1-3-24-17(23)21-16(22)9-12-13-8-11(19)4-5-15(13)25-18(21)6-7-20(2)10-14(12)18/h4-5,8,12,14H,3,6-7,9-10H2,1-2H3. The smallest absolute Gasteiger partial charge is 0.419 e. The first-order valence-electron chi connectivity index (χ1n) is 8.63. The fourth-order valence-electron chi connectivity index (χ4n) is 4.49. The summed E-state index contributed by atoms with van der Waals surface area (Å²) in [6, 6.07) is 5.49. The van der Waals surface area contributed by atoms with Gasteiger partial charge in [0, 0.05) is 42.8 Å². The van der Waals surface area contributed by atoms with Crippen LogP contribution in [0.25, 0.3) is 0 Å². The van der Waals surface area contributed by atoms with Crippen molar-refractivity contribution in [1.29, 1.82) is 0 Å². The number of imide groups is 1. The minimum Gasteiger partial charge on any atom is -0.467 e. The van der Waals surface area contributed by atoms with E-state index in [1.54, 1.807) is 13.0 Å². The van der Waals surface area contributed by atoms with Gasteiger partial charge < -0.3 is 14.4 Å². The number of ether oxygens (including phenoxy) is 2. The Labute approximate surface area is 151 Å². The number of carbonyl (C=O) groups excluding carboxylic acids is 2. The number of halogens is 1. The molecule has 4 rings (SSSR count). The van der Waals surface area contributed by atoms with Crippen LogP contribution in [0.5, 0.6) is 5.75 Å². The highest BCUT2D eigenvalue weighted by atomic mass is 35.5. The molecule has 3 aliphatic rings. The minimum atomic E-state index is -0.973. The lowest BCUT2D eigenvalue weighted by Gasteiger charge is -2.58. The Morgan fingerprint density at radius 2 is 2.28 bits per heavy atom. The number of likely N-dealkylation sites (tertiary alicyclic amines) is 2. The van der Waals surface area contributed by atoms with Gasteiger partial charge in [0.1, 0.15) is 5.75 Å². The molecule has 6 nitrogen and oxygen atoms in total. The fourth-order valence-corrected chi connectivity index (χ4v) is 4.67. The molecule has 134 valence electrons. The molecule has 2 amide bonds. The Hall–Kier alpha value is -1.79. The third kappa shape index (κ3) is 2.42. The van der Waals surface area contributed by atoms with Crippen molar-refractivity contribution in [2.75, 3.05) is 26.7 Å². The zero-order valence-electron chi connectivity index (χ0n) is 14.3. The van der Waals surface area contributed by atoms with E-state index < -0.39 is 11.8 Å². The second kappa shape index (κ2) is 5.88. The molecule has 0 N–H and O–H groups in total.